The van der Waals surface area contributed by atoms with Crippen LogP contribution in [0.4, 0.5) is 0 Å². The zero-order valence-electron chi connectivity index (χ0n) is 10.4. The van der Waals surface area contributed by atoms with Crippen molar-refractivity contribution in [2.24, 2.45) is 0 Å². The zero-order valence-corrected chi connectivity index (χ0v) is 11.1. The maximum atomic E-state index is 11.6. The Labute approximate surface area is 107 Å². The Kier molecular flexibility index (Phi) is 5.29. The molecule has 94 valence electrons. The van der Waals surface area contributed by atoms with Gasteiger partial charge in [0.05, 0.1) is 13.2 Å². The van der Waals surface area contributed by atoms with Crippen LogP contribution in [0.1, 0.15) is 31.9 Å². The fourth-order valence-corrected chi connectivity index (χ4v) is 1.53. The highest BCUT2D eigenvalue weighted by atomic mass is 35.5. The number of alkyl halides is 1. The molecule has 0 aliphatic carbocycles. The van der Waals surface area contributed by atoms with Gasteiger partial charge in [0, 0.05) is 0 Å². The van der Waals surface area contributed by atoms with Gasteiger partial charge in [-0.25, -0.2) is 0 Å². The second-order valence-electron chi connectivity index (χ2n) is 3.88. The van der Waals surface area contributed by atoms with Crippen LogP contribution in [-0.2, 0) is 4.79 Å². The van der Waals surface area contributed by atoms with Crippen LogP contribution < -0.4 is 10.1 Å². The molecule has 1 aromatic carbocycles. The van der Waals surface area contributed by atoms with Gasteiger partial charge < -0.3 is 10.1 Å². The van der Waals surface area contributed by atoms with Crippen molar-refractivity contribution in [3.63, 3.8) is 0 Å². The Morgan fingerprint density at radius 2 is 2.00 bits per heavy atom. The normalized spacial score (nSPS) is 13.9. The minimum atomic E-state index is -0.462. The Morgan fingerprint density at radius 3 is 2.47 bits per heavy atom. The van der Waals surface area contributed by atoms with Gasteiger partial charge in [-0.3, -0.25) is 4.79 Å². The molecule has 1 aromatic rings. The molecule has 0 saturated carbocycles. The van der Waals surface area contributed by atoms with Gasteiger partial charge >= 0.3 is 0 Å². The largest absolute Gasteiger partial charge is 0.497 e. The van der Waals surface area contributed by atoms with Gasteiger partial charge in [-0.15, -0.1) is 11.6 Å². The molecule has 0 aromatic heterocycles. The molecular weight excluding hydrogens is 238 g/mol. The third-order valence-electron chi connectivity index (χ3n) is 2.62. The molecule has 2 atom stereocenters. The predicted octanol–water partition coefficient (Wildman–Crippen LogP) is 2.89. The lowest BCUT2D eigenvalue weighted by Gasteiger charge is -2.16. The molecular formula is C13H18ClNO2. The third-order valence-corrected chi connectivity index (χ3v) is 3.12. The smallest absolute Gasteiger partial charge is 0.238 e. The fourth-order valence-electron chi connectivity index (χ4n) is 1.47. The molecule has 0 unspecified atom stereocenters. The van der Waals surface area contributed by atoms with E-state index in [0.717, 1.165) is 11.3 Å². The Bertz CT molecular complexity index is 364. The van der Waals surface area contributed by atoms with E-state index in [0.29, 0.717) is 6.42 Å². The van der Waals surface area contributed by atoms with Crippen molar-refractivity contribution in [2.75, 3.05) is 7.11 Å². The van der Waals surface area contributed by atoms with E-state index in [1.807, 2.05) is 38.1 Å². The lowest BCUT2D eigenvalue weighted by molar-refractivity contribution is -0.121. The van der Waals surface area contributed by atoms with Gasteiger partial charge in [-0.05, 0) is 31.0 Å². The molecule has 17 heavy (non-hydrogen) atoms. The van der Waals surface area contributed by atoms with Crippen molar-refractivity contribution in [1.29, 1.82) is 0 Å². The molecule has 3 nitrogen and oxygen atoms in total. The highest BCUT2D eigenvalue weighted by Crippen LogP contribution is 2.17. The first-order valence-electron chi connectivity index (χ1n) is 5.66. The lowest BCUT2D eigenvalue weighted by atomic mass is 10.1. The number of ether oxygens (including phenoxy) is 1. The fraction of sp³-hybridized carbons (Fsp3) is 0.462. The van der Waals surface area contributed by atoms with E-state index in [2.05, 4.69) is 5.32 Å². The molecule has 0 spiro atoms. The molecule has 4 heteroatoms. The van der Waals surface area contributed by atoms with Crippen molar-refractivity contribution in [3.05, 3.63) is 29.8 Å². The van der Waals surface area contributed by atoms with E-state index in [9.17, 15) is 4.79 Å². The quantitative estimate of drug-likeness (QED) is 0.822. The minimum Gasteiger partial charge on any atom is -0.497 e. The maximum absolute atomic E-state index is 11.6. The van der Waals surface area contributed by atoms with Crippen molar-refractivity contribution in [3.8, 4) is 5.75 Å². The predicted molar refractivity (Wildman–Crippen MR) is 69.5 cm³/mol. The minimum absolute atomic E-state index is 0.0544. The first-order chi connectivity index (χ1) is 8.08. The number of methoxy groups -OCH3 is 1. The number of amides is 1. The van der Waals surface area contributed by atoms with E-state index in [1.54, 1.807) is 7.11 Å². The van der Waals surface area contributed by atoms with Crippen LogP contribution in [0.2, 0.25) is 0 Å². The zero-order chi connectivity index (χ0) is 12.8. The average Bonchev–Trinajstić information content (AvgIpc) is 2.37. The molecule has 0 heterocycles. The molecule has 0 bridgehead atoms. The number of nitrogens with one attached hydrogen (secondary N) is 1. The Morgan fingerprint density at radius 1 is 1.41 bits per heavy atom. The van der Waals surface area contributed by atoms with Crippen LogP contribution in [0.15, 0.2) is 24.3 Å². The summed E-state index contributed by atoms with van der Waals surface area (Å²) < 4.78 is 5.08. The summed E-state index contributed by atoms with van der Waals surface area (Å²) in [5.74, 6) is 0.675. The van der Waals surface area contributed by atoms with Gasteiger partial charge in [-0.2, -0.15) is 0 Å². The van der Waals surface area contributed by atoms with Crippen LogP contribution >= 0.6 is 11.6 Å². The van der Waals surface area contributed by atoms with Gasteiger partial charge in [0.1, 0.15) is 11.1 Å². The van der Waals surface area contributed by atoms with Gasteiger partial charge in [0.15, 0.2) is 0 Å². The van der Waals surface area contributed by atoms with Crippen molar-refractivity contribution in [2.45, 2.75) is 31.7 Å². The van der Waals surface area contributed by atoms with Gasteiger partial charge in [0.2, 0.25) is 5.91 Å². The van der Waals surface area contributed by atoms with E-state index in [-0.39, 0.29) is 11.9 Å². The first kappa shape index (κ1) is 13.8. The average molecular weight is 256 g/mol. The molecule has 1 N–H and O–H groups in total. The molecule has 0 aliphatic heterocycles. The monoisotopic (exact) mass is 255 g/mol. The van der Waals surface area contributed by atoms with Crippen molar-refractivity contribution >= 4 is 17.5 Å². The summed E-state index contributed by atoms with van der Waals surface area (Å²) in [7, 11) is 1.62. The molecule has 1 rings (SSSR count). The van der Waals surface area contributed by atoms with Crippen LogP contribution in [-0.4, -0.2) is 18.4 Å². The van der Waals surface area contributed by atoms with Crippen LogP contribution in [0.5, 0.6) is 5.75 Å². The number of rotatable bonds is 5. The summed E-state index contributed by atoms with van der Waals surface area (Å²) in [6.07, 6.45) is 0.628. The van der Waals surface area contributed by atoms with E-state index in [4.69, 9.17) is 16.3 Å². The topological polar surface area (TPSA) is 38.3 Å². The molecule has 1 amide bonds. The SMILES string of the molecule is CC[C@@H](Cl)C(=O)N[C@@H](C)c1ccc(OC)cc1. The second kappa shape index (κ2) is 6.50. The number of benzene rings is 1. The van der Waals surface area contributed by atoms with Gasteiger partial charge in [0.25, 0.3) is 0 Å². The number of halogens is 1. The number of hydrogen-bond acceptors (Lipinski definition) is 2. The molecule has 0 radical (unpaired) electrons. The standard InChI is InChI=1S/C13H18ClNO2/c1-4-12(14)13(16)15-9(2)10-5-7-11(17-3)8-6-10/h5-9,12H,4H2,1-3H3,(H,15,16)/t9-,12+/m0/s1. The maximum Gasteiger partial charge on any atom is 0.238 e. The van der Waals surface area contributed by atoms with E-state index in [1.165, 1.54) is 0 Å². The van der Waals surface area contributed by atoms with E-state index >= 15 is 0 Å². The Balaban J connectivity index is 2.63. The number of carbonyl (C=O) groups excluding carboxylic acids is 1. The molecule has 0 aliphatic rings. The second-order valence-corrected chi connectivity index (χ2v) is 4.41. The number of hydrogen-bond donors (Lipinski definition) is 1. The summed E-state index contributed by atoms with van der Waals surface area (Å²) in [5.41, 5.74) is 1.03. The van der Waals surface area contributed by atoms with Crippen LogP contribution in [0.3, 0.4) is 0 Å². The highest BCUT2D eigenvalue weighted by molar-refractivity contribution is 6.30. The molecule has 0 fully saturated rings. The van der Waals surface area contributed by atoms with Crippen molar-refractivity contribution in [1.82, 2.24) is 5.32 Å². The summed E-state index contributed by atoms with van der Waals surface area (Å²) in [5, 5.41) is 2.41. The molecule has 0 saturated heterocycles. The van der Waals surface area contributed by atoms with Crippen molar-refractivity contribution < 1.29 is 9.53 Å². The summed E-state index contributed by atoms with van der Waals surface area (Å²) in [4.78, 5) is 11.6. The summed E-state index contributed by atoms with van der Waals surface area (Å²) in [6.45, 7) is 3.81. The number of carbonyl (C=O) groups is 1. The van der Waals surface area contributed by atoms with Gasteiger partial charge in [-0.1, -0.05) is 19.1 Å². The first-order valence-corrected chi connectivity index (χ1v) is 6.10. The van der Waals surface area contributed by atoms with E-state index < -0.39 is 5.38 Å². The highest BCUT2D eigenvalue weighted by Gasteiger charge is 2.15. The lowest BCUT2D eigenvalue weighted by Crippen LogP contribution is -2.33. The van der Waals surface area contributed by atoms with Crippen LogP contribution in [0, 0.1) is 0 Å². The third kappa shape index (κ3) is 3.93. The Hall–Kier alpha value is -1.22. The summed E-state index contributed by atoms with van der Waals surface area (Å²) >= 11 is 5.86. The summed E-state index contributed by atoms with van der Waals surface area (Å²) in [6, 6.07) is 7.55. The van der Waals surface area contributed by atoms with Crippen LogP contribution in [0.25, 0.3) is 0 Å².